The SMILES string of the molecule is C[C@@H]1CN(C(=O)CO[C@H]2CC[C@H](Nc3ccc([N+](=O)[O-])c(C(F)(F)F)c3)CC2)C[C@H](C)N1c1ccc2cc(F)ccc2n1. The first-order valence-corrected chi connectivity index (χ1v) is 14.2. The number of carbonyl (C=O) groups is 1. The van der Waals surface area contributed by atoms with Crippen molar-refractivity contribution in [3.05, 3.63) is 70.0 Å². The van der Waals surface area contributed by atoms with E-state index in [1.807, 2.05) is 26.0 Å². The Balaban J connectivity index is 1.10. The summed E-state index contributed by atoms with van der Waals surface area (Å²) in [6, 6.07) is 11.0. The third-order valence-corrected chi connectivity index (χ3v) is 8.16. The number of benzene rings is 2. The Morgan fingerprint density at radius 1 is 1.05 bits per heavy atom. The van der Waals surface area contributed by atoms with E-state index in [0.29, 0.717) is 44.3 Å². The van der Waals surface area contributed by atoms with Gasteiger partial charge in [-0.1, -0.05) is 0 Å². The summed E-state index contributed by atoms with van der Waals surface area (Å²) in [5.74, 6) is 0.357. The van der Waals surface area contributed by atoms with Crippen LogP contribution in [0, 0.1) is 15.9 Å². The van der Waals surface area contributed by atoms with E-state index in [-0.39, 0.29) is 48.2 Å². The minimum absolute atomic E-state index is 0.00288. The lowest BCUT2D eigenvalue weighted by atomic mass is 9.92. The molecule has 1 saturated heterocycles. The van der Waals surface area contributed by atoms with Crippen LogP contribution in [0.25, 0.3) is 10.9 Å². The van der Waals surface area contributed by atoms with Crippen LogP contribution in [0.5, 0.6) is 0 Å². The van der Waals surface area contributed by atoms with Crippen molar-refractivity contribution in [1.29, 1.82) is 0 Å². The Labute approximate surface area is 246 Å². The van der Waals surface area contributed by atoms with E-state index in [9.17, 15) is 32.5 Å². The van der Waals surface area contributed by atoms with E-state index >= 15 is 0 Å². The fourth-order valence-electron chi connectivity index (χ4n) is 6.11. The fourth-order valence-corrected chi connectivity index (χ4v) is 6.11. The van der Waals surface area contributed by atoms with Crippen molar-refractivity contribution in [2.45, 2.75) is 69.9 Å². The number of piperazine rings is 1. The normalized spacial score (nSPS) is 22.9. The number of carbonyl (C=O) groups excluding carboxylic acids is 1. The molecule has 2 aromatic carbocycles. The maximum absolute atomic E-state index is 13.6. The maximum atomic E-state index is 13.6. The van der Waals surface area contributed by atoms with Crippen LogP contribution in [0.4, 0.5) is 34.8 Å². The van der Waals surface area contributed by atoms with Crippen molar-refractivity contribution in [2.75, 3.05) is 29.9 Å². The number of nitro groups is 1. The van der Waals surface area contributed by atoms with Crippen LogP contribution in [0.2, 0.25) is 0 Å². The molecule has 43 heavy (non-hydrogen) atoms. The molecule has 3 aromatic rings. The Hall–Kier alpha value is -4.00. The summed E-state index contributed by atoms with van der Waals surface area (Å²) in [6.45, 7) is 5.01. The molecule has 1 aromatic heterocycles. The van der Waals surface area contributed by atoms with Crippen molar-refractivity contribution in [3.8, 4) is 0 Å². The number of amides is 1. The van der Waals surface area contributed by atoms with Crippen LogP contribution in [-0.2, 0) is 15.7 Å². The van der Waals surface area contributed by atoms with Gasteiger partial charge in [-0.2, -0.15) is 13.2 Å². The Morgan fingerprint density at radius 3 is 2.40 bits per heavy atom. The second-order valence-electron chi connectivity index (χ2n) is 11.3. The van der Waals surface area contributed by atoms with Crippen molar-refractivity contribution in [2.24, 2.45) is 0 Å². The van der Waals surface area contributed by atoms with E-state index in [2.05, 4.69) is 10.2 Å². The largest absolute Gasteiger partial charge is 0.423 e. The quantitative estimate of drug-likeness (QED) is 0.196. The summed E-state index contributed by atoms with van der Waals surface area (Å²) < 4.78 is 59.4. The zero-order valence-electron chi connectivity index (χ0n) is 23.8. The number of nitrogens with one attached hydrogen (secondary N) is 1. The molecule has 1 N–H and O–H groups in total. The van der Waals surface area contributed by atoms with Gasteiger partial charge < -0.3 is 19.9 Å². The molecular weight excluding hydrogens is 570 g/mol. The first-order valence-electron chi connectivity index (χ1n) is 14.2. The Morgan fingerprint density at radius 2 is 1.74 bits per heavy atom. The summed E-state index contributed by atoms with van der Waals surface area (Å²) >= 11 is 0. The minimum atomic E-state index is -4.84. The number of fused-ring (bicyclic) bond motifs is 1. The molecule has 0 unspecified atom stereocenters. The lowest BCUT2D eigenvalue weighted by Crippen LogP contribution is -2.59. The molecule has 13 heteroatoms. The minimum Gasteiger partial charge on any atom is -0.382 e. The van der Waals surface area contributed by atoms with Gasteiger partial charge in [-0.3, -0.25) is 14.9 Å². The molecule has 0 spiro atoms. The molecule has 9 nitrogen and oxygen atoms in total. The molecule has 2 aliphatic rings. The zero-order chi connectivity index (χ0) is 30.9. The van der Waals surface area contributed by atoms with Crippen LogP contribution in [0.1, 0.15) is 45.1 Å². The first kappa shape index (κ1) is 30.5. The molecule has 2 atom stereocenters. The van der Waals surface area contributed by atoms with Crippen LogP contribution in [0.15, 0.2) is 48.5 Å². The lowest BCUT2D eigenvalue weighted by Gasteiger charge is -2.45. The monoisotopic (exact) mass is 603 g/mol. The molecule has 1 saturated carbocycles. The van der Waals surface area contributed by atoms with Crippen molar-refractivity contribution in [1.82, 2.24) is 9.88 Å². The number of halogens is 4. The van der Waals surface area contributed by atoms with Gasteiger partial charge in [-0.25, -0.2) is 9.37 Å². The number of alkyl halides is 3. The maximum Gasteiger partial charge on any atom is 0.423 e. The van der Waals surface area contributed by atoms with E-state index in [0.717, 1.165) is 23.3 Å². The molecule has 5 rings (SSSR count). The summed E-state index contributed by atoms with van der Waals surface area (Å²) in [5.41, 5.74) is -1.39. The van der Waals surface area contributed by atoms with Gasteiger partial charge >= 0.3 is 6.18 Å². The molecule has 2 fully saturated rings. The molecule has 1 aliphatic heterocycles. The van der Waals surface area contributed by atoms with Gasteiger partial charge in [0.2, 0.25) is 5.91 Å². The van der Waals surface area contributed by atoms with Crippen LogP contribution < -0.4 is 10.2 Å². The summed E-state index contributed by atoms with van der Waals surface area (Å²) in [5, 5.41) is 14.8. The molecule has 2 heterocycles. The number of rotatable bonds is 7. The van der Waals surface area contributed by atoms with Crippen LogP contribution >= 0.6 is 0 Å². The number of nitro benzene ring substituents is 1. The number of anilines is 2. The first-order chi connectivity index (χ1) is 20.4. The average molecular weight is 604 g/mol. The number of hydrogen-bond donors (Lipinski definition) is 1. The van der Waals surface area contributed by atoms with Crippen LogP contribution in [-0.4, -0.2) is 64.6 Å². The second kappa shape index (κ2) is 12.3. The van der Waals surface area contributed by atoms with E-state index in [1.54, 1.807) is 11.0 Å². The molecule has 1 aliphatic carbocycles. The summed E-state index contributed by atoms with van der Waals surface area (Å²) in [4.78, 5) is 31.7. The van der Waals surface area contributed by atoms with E-state index in [4.69, 9.17) is 9.72 Å². The second-order valence-corrected chi connectivity index (χ2v) is 11.3. The Bertz CT molecular complexity index is 1480. The highest BCUT2D eigenvalue weighted by Crippen LogP contribution is 2.38. The third kappa shape index (κ3) is 6.98. The number of hydrogen-bond acceptors (Lipinski definition) is 7. The number of aromatic nitrogens is 1. The standard InChI is InChI=1S/C30H33F4N5O4/c1-18-15-37(16-19(2)38(18)28-12-3-20-13-21(31)4-10-26(20)36-28)29(40)17-43-24-8-5-22(6-9-24)35-23-7-11-27(39(41)42)25(14-23)30(32,33)34/h3-4,7,10-14,18-19,22,24,35H,5-6,8-9,15-17H2,1-2H3/t18-,19+,22-,24-. The van der Waals surface area contributed by atoms with Crippen molar-refractivity contribution >= 4 is 34.0 Å². The van der Waals surface area contributed by atoms with Gasteiger partial charge in [0, 0.05) is 48.4 Å². The molecule has 1 amide bonds. The Kier molecular flexibility index (Phi) is 8.72. The average Bonchev–Trinajstić information content (AvgIpc) is 2.95. The van der Waals surface area contributed by atoms with Crippen molar-refractivity contribution < 1.29 is 32.0 Å². The highest BCUT2D eigenvalue weighted by molar-refractivity contribution is 5.81. The lowest BCUT2D eigenvalue weighted by molar-refractivity contribution is -0.388. The van der Waals surface area contributed by atoms with Crippen LogP contribution in [0.3, 0.4) is 0 Å². The van der Waals surface area contributed by atoms with Gasteiger partial charge in [0.25, 0.3) is 5.69 Å². The predicted octanol–water partition coefficient (Wildman–Crippen LogP) is 6.17. The molecule has 230 valence electrons. The molecule has 0 radical (unpaired) electrons. The molecule has 0 bridgehead atoms. The van der Waals surface area contributed by atoms with Gasteiger partial charge in [0.1, 0.15) is 23.8 Å². The van der Waals surface area contributed by atoms with E-state index in [1.165, 1.54) is 18.2 Å². The number of nitrogens with zero attached hydrogens (tertiary/aromatic N) is 4. The smallest absolute Gasteiger partial charge is 0.382 e. The van der Waals surface area contributed by atoms with Gasteiger partial charge in [-0.15, -0.1) is 0 Å². The predicted molar refractivity (Wildman–Crippen MR) is 153 cm³/mol. The van der Waals surface area contributed by atoms with Gasteiger partial charge in [0.15, 0.2) is 0 Å². The van der Waals surface area contributed by atoms with Crippen molar-refractivity contribution in [3.63, 3.8) is 0 Å². The summed E-state index contributed by atoms with van der Waals surface area (Å²) in [6.07, 6.45) is -2.49. The zero-order valence-corrected chi connectivity index (χ0v) is 23.8. The molecular formula is C30H33F4N5O4. The van der Waals surface area contributed by atoms with Gasteiger partial charge in [0.05, 0.1) is 16.5 Å². The van der Waals surface area contributed by atoms with E-state index < -0.39 is 22.4 Å². The number of ether oxygens (including phenoxy) is 1. The fraction of sp³-hybridized carbons (Fsp3) is 0.467. The number of pyridine rings is 1. The highest BCUT2D eigenvalue weighted by Gasteiger charge is 2.39. The topological polar surface area (TPSA) is 101 Å². The van der Waals surface area contributed by atoms with Gasteiger partial charge in [-0.05, 0) is 82.0 Å². The summed E-state index contributed by atoms with van der Waals surface area (Å²) in [7, 11) is 0. The highest BCUT2D eigenvalue weighted by atomic mass is 19.4. The third-order valence-electron chi connectivity index (χ3n) is 8.16.